The van der Waals surface area contributed by atoms with Gasteiger partial charge < -0.3 is 22.1 Å². The number of rotatable bonds is 12. The summed E-state index contributed by atoms with van der Waals surface area (Å²) < 4.78 is 27.6. The van der Waals surface area contributed by atoms with Gasteiger partial charge in [0.1, 0.15) is 5.54 Å². The van der Waals surface area contributed by atoms with Gasteiger partial charge in [-0.05, 0) is 51.7 Å². The Morgan fingerprint density at radius 3 is 2.41 bits per heavy atom. The van der Waals surface area contributed by atoms with Gasteiger partial charge in [0.2, 0.25) is 27.5 Å². The van der Waals surface area contributed by atoms with Crippen molar-refractivity contribution >= 4 is 39.1 Å². The van der Waals surface area contributed by atoms with E-state index in [1.807, 2.05) is 0 Å². The third-order valence-electron chi connectivity index (χ3n) is 5.96. The Morgan fingerprint density at radius 1 is 1.21 bits per heavy atom. The number of para-hydroxylation sites is 1. The number of hydrogen-bond acceptors (Lipinski definition) is 7. The summed E-state index contributed by atoms with van der Waals surface area (Å²) in [6.45, 7) is 3.09. The lowest BCUT2D eigenvalue weighted by molar-refractivity contribution is -0.144. The molecule has 1 aromatic rings. The normalized spacial score (nSPS) is 17.6. The summed E-state index contributed by atoms with van der Waals surface area (Å²) in [6.07, 6.45) is 1.09. The third-order valence-corrected chi connectivity index (χ3v) is 7.86. The molecule has 12 heteroatoms. The highest BCUT2D eigenvalue weighted by Gasteiger charge is 2.50. The molecule has 1 amide bonds. The van der Waals surface area contributed by atoms with Crippen molar-refractivity contribution in [1.82, 2.24) is 4.90 Å². The van der Waals surface area contributed by atoms with Gasteiger partial charge in [-0.15, -0.1) is 0 Å². The molecule has 0 aromatic heterocycles. The molecule has 1 heterocycles. The average Bonchev–Trinajstić information content (AvgIpc) is 3.31. The highest BCUT2D eigenvalue weighted by Crippen LogP contribution is 2.34. The van der Waals surface area contributed by atoms with Crippen molar-refractivity contribution in [3.05, 3.63) is 30.3 Å². The highest BCUT2D eigenvalue weighted by atomic mass is 32.2. The maximum absolute atomic E-state index is 13.8. The van der Waals surface area contributed by atoms with Crippen molar-refractivity contribution in [2.24, 2.45) is 22.2 Å². The second-order valence-electron chi connectivity index (χ2n) is 8.33. The molecule has 1 aliphatic rings. The molecule has 0 unspecified atom stereocenters. The fourth-order valence-electron chi connectivity index (χ4n) is 4.26. The van der Waals surface area contributed by atoms with Gasteiger partial charge in [0.15, 0.2) is 5.96 Å². The van der Waals surface area contributed by atoms with Gasteiger partial charge in [0.25, 0.3) is 0 Å². The van der Waals surface area contributed by atoms with E-state index in [2.05, 4.69) is 4.99 Å². The van der Waals surface area contributed by atoms with E-state index in [4.69, 9.17) is 17.2 Å². The first kappa shape index (κ1) is 27.3. The topological polar surface area (TPSA) is 182 Å². The zero-order chi connectivity index (χ0) is 25.5. The largest absolute Gasteiger partial charge is 0.370 e. The second kappa shape index (κ2) is 11.4. The standard InChI is InChI=1S/C22H34N6O5S/c1-3-34(32,33)28(16-9-5-4-6-10-16)22(2,12-8-13-26-21(24)25)20(31)19(30)17-11-7-14-27(17)18(29)15-23/h4-6,9-10,17H,3,7-8,11-15,23H2,1-2H3,(H4,24,25,26)/t17-,22-/m0/s1. The molecule has 34 heavy (non-hydrogen) atoms. The van der Waals surface area contributed by atoms with Crippen LogP contribution in [0.25, 0.3) is 0 Å². The van der Waals surface area contributed by atoms with Crippen LogP contribution >= 0.6 is 0 Å². The Kier molecular flexibility index (Phi) is 9.16. The van der Waals surface area contributed by atoms with Crippen molar-refractivity contribution in [3.63, 3.8) is 0 Å². The molecule has 1 aliphatic heterocycles. The molecule has 2 rings (SSSR count). The first-order valence-corrected chi connectivity index (χ1v) is 12.8. The minimum Gasteiger partial charge on any atom is -0.370 e. The number of likely N-dealkylation sites (tertiary alicyclic amines) is 1. The van der Waals surface area contributed by atoms with Crippen LogP contribution in [0.1, 0.15) is 39.5 Å². The molecule has 11 nitrogen and oxygen atoms in total. The van der Waals surface area contributed by atoms with Crippen LogP contribution < -0.4 is 21.5 Å². The zero-order valence-electron chi connectivity index (χ0n) is 19.6. The number of anilines is 1. The van der Waals surface area contributed by atoms with Gasteiger partial charge >= 0.3 is 0 Å². The van der Waals surface area contributed by atoms with Gasteiger partial charge in [-0.2, -0.15) is 0 Å². The molecule has 2 atom stereocenters. The molecule has 1 fully saturated rings. The van der Waals surface area contributed by atoms with Gasteiger partial charge in [0, 0.05) is 13.1 Å². The number of benzene rings is 1. The lowest BCUT2D eigenvalue weighted by atomic mass is 9.85. The summed E-state index contributed by atoms with van der Waals surface area (Å²) in [5.74, 6) is -2.55. The molecule has 0 spiro atoms. The number of amides is 1. The predicted octanol–water partition coefficient (Wildman–Crippen LogP) is -0.257. The number of carbonyl (C=O) groups is 3. The van der Waals surface area contributed by atoms with E-state index in [9.17, 15) is 22.8 Å². The Labute approximate surface area is 200 Å². The predicted molar refractivity (Wildman–Crippen MR) is 131 cm³/mol. The quantitative estimate of drug-likeness (QED) is 0.154. The molecular weight excluding hydrogens is 460 g/mol. The summed E-state index contributed by atoms with van der Waals surface area (Å²) in [7, 11) is -3.99. The number of guanidine groups is 1. The molecular formula is C22H34N6O5S. The Balaban J connectivity index is 2.55. The molecule has 1 saturated heterocycles. The average molecular weight is 495 g/mol. The summed E-state index contributed by atoms with van der Waals surface area (Å²) >= 11 is 0. The lowest BCUT2D eigenvalue weighted by Gasteiger charge is -2.41. The van der Waals surface area contributed by atoms with E-state index >= 15 is 0 Å². The fraction of sp³-hybridized carbons (Fsp3) is 0.545. The number of Topliss-reactive ketones (excluding diaryl/α,β-unsaturated/α-hetero) is 2. The molecule has 0 saturated carbocycles. The number of hydrogen-bond donors (Lipinski definition) is 3. The van der Waals surface area contributed by atoms with Crippen molar-refractivity contribution in [3.8, 4) is 0 Å². The maximum Gasteiger partial charge on any atom is 0.236 e. The van der Waals surface area contributed by atoms with Crippen LogP contribution in [-0.2, 0) is 24.4 Å². The SMILES string of the molecule is CCS(=O)(=O)N(c1ccccc1)[C@@](C)(CCCN=C(N)N)C(=O)C(=O)[C@@H]1CCCN1C(=O)CN. The highest BCUT2D eigenvalue weighted by molar-refractivity contribution is 7.92. The third kappa shape index (κ3) is 5.92. The van der Waals surface area contributed by atoms with Crippen molar-refractivity contribution in [1.29, 1.82) is 0 Å². The number of aliphatic imine (C=N–C) groups is 1. The molecule has 188 valence electrons. The Morgan fingerprint density at radius 2 is 1.85 bits per heavy atom. The number of nitrogens with zero attached hydrogens (tertiary/aromatic N) is 3. The molecule has 1 aromatic carbocycles. The minimum atomic E-state index is -3.99. The van der Waals surface area contributed by atoms with E-state index in [-0.39, 0.29) is 43.3 Å². The zero-order valence-corrected chi connectivity index (χ0v) is 20.5. The van der Waals surface area contributed by atoms with E-state index in [0.29, 0.717) is 19.4 Å². The minimum absolute atomic E-state index is 0.0139. The summed E-state index contributed by atoms with van der Waals surface area (Å²) in [5, 5.41) is 0. The van der Waals surface area contributed by atoms with Crippen LogP contribution in [0.2, 0.25) is 0 Å². The molecule has 0 bridgehead atoms. The summed E-state index contributed by atoms with van der Waals surface area (Å²) in [4.78, 5) is 44.7. The fourth-order valence-corrected chi connectivity index (χ4v) is 5.74. The van der Waals surface area contributed by atoms with E-state index in [0.717, 1.165) is 4.31 Å². The van der Waals surface area contributed by atoms with Crippen LogP contribution in [0.5, 0.6) is 0 Å². The van der Waals surface area contributed by atoms with Crippen molar-refractivity contribution < 1.29 is 22.8 Å². The molecule has 6 N–H and O–H groups in total. The first-order chi connectivity index (χ1) is 16.0. The van der Waals surface area contributed by atoms with Crippen LogP contribution in [-0.4, -0.2) is 73.7 Å². The van der Waals surface area contributed by atoms with Crippen LogP contribution in [0.4, 0.5) is 5.69 Å². The van der Waals surface area contributed by atoms with Crippen LogP contribution in [0.15, 0.2) is 35.3 Å². The van der Waals surface area contributed by atoms with Crippen LogP contribution in [0.3, 0.4) is 0 Å². The Bertz CT molecular complexity index is 1030. The smallest absolute Gasteiger partial charge is 0.236 e. The van der Waals surface area contributed by atoms with Crippen LogP contribution in [0, 0.1) is 0 Å². The van der Waals surface area contributed by atoms with Gasteiger partial charge in [-0.25, -0.2) is 8.42 Å². The second-order valence-corrected chi connectivity index (χ2v) is 10.4. The summed E-state index contributed by atoms with van der Waals surface area (Å²) in [6, 6.07) is 7.19. The molecule has 0 radical (unpaired) electrons. The van der Waals surface area contributed by atoms with E-state index < -0.39 is 39.1 Å². The number of sulfonamides is 1. The van der Waals surface area contributed by atoms with Crippen molar-refractivity contribution in [2.75, 3.05) is 29.7 Å². The van der Waals surface area contributed by atoms with E-state index in [1.54, 1.807) is 30.3 Å². The van der Waals surface area contributed by atoms with Gasteiger partial charge in [-0.3, -0.25) is 23.7 Å². The first-order valence-electron chi connectivity index (χ1n) is 11.2. The lowest BCUT2D eigenvalue weighted by Crippen LogP contribution is -2.60. The summed E-state index contributed by atoms with van der Waals surface area (Å²) in [5.41, 5.74) is 14.7. The number of nitrogens with two attached hydrogens (primary N) is 3. The number of carbonyl (C=O) groups excluding carboxylic acids is 3. The Hall–Kier alpha value is -2.99. The maximum atomic E-state index is 13.8. The van der Waals surface area contributed by atoms with E-state index in [1.165, 1.54) is 18.7 Å². The van der Waals surface area contributed by atoms with Gasteiger partial charge in [0.05, 0.1) is 24.0 Å². The van der Waals surface area contributed by atoms with Crippen molar-refractivity contribution in [2.45, 2.75) is 51.1 Å². The van der Waals surface area contributed by atoms with Gasteiger partial charge in [-0.1, -0.05) is 18.2 Å². The molecule has 0 aliphatic carbocycles. The monoisotopic (exact) mass is 494 g/mol. The number of ketones is 2.